The highest BCUT2D eigenvalue weighted by Crippen LogP contribution is 2.42. The number of fused-ring (bicyclic) bond motifs is 1. The molecule has 0 bridgehead atoms. The molecule has 0 aliphatic rings. The van der Waals surface area contributed by atoms with Crippen LogP contribution in [-0.4, -0.2) is 28.0 Å². The Morgan fingerprint density at radius 3 is 2.39 bits per heavy atom. The van der Waals surface area contributed by atoms with Crippen molar-refractivity contribution < 1.29 is 0 Å². The van der Waals surface area contributed by atoms with E-state index in [1.54, 1.807) is 11.3 Å². The molecule has 3 aromatic heterocycles. The summed E-state index contributed by atoms with van der Waals surface area (Å²) in [6, 6.07) is 13.0. The van der Waals surface area contributed by atoms with Crippen LogP contribution in [0.5, 0.6) is 0 Å². The van der Waals surface area contributed by atoms with E-state index in [1.807, 2.05) is 12.4 Å². The standard InChI is InChI=1S/C25H27ClN4S/c1-5-30(15-12-18-10-13-27-14-11-18)23-22-21(17(4)31-24(22)29-25(26)28-23)20-8-6-19(7-9-20)16(2)3/h6-11,13-14,16H,5,12,15H2,1-4H3. The Bertz CT molecular complexity index is 1170. The summed E-state index contributed by atoms with van der Waals surface area (Å²) in [5.41, 5.74) is 5.01. The summed E-state index contributed by atoms with van der Waals surface area (Å²) in [7, 11) is 0. The molecule has 3 heterocycles. The largest absolute Gasteiger partial charge is 0.356 e. The molecule has 0 saturated heterocycles. The molecule has 0 saturated carbocycles. The van der Waals surface area contributed by atoms with Gasteiger partial charge in [-0.1, -0.05) is 38.1 Å². The Morgan fingerprint density at radius 1 is 1.03 bits per heavy atom. The van der Waals surface area contributed by atoms with Crippen LogP contribution in [0, 0.1) is 6.92 Å². The maximum atomic E-state index is 6.35. The van der Waals surface area contributed by atoms with Gasteiger partial charge in [-0.25, -0.2) is 4.98 Å². The zero-order valence-electron chi connectivity index (χ0n) is 18.4. The number of hydrogen-bond donors (Lipinski definition) is 0. The summed E-state index contributed by atoms with van der Waals surface area (Å²) in [4.78, 5) is 17.9. The highest BCUT2D eigenvalue weighted by atomic mass is 35.5. The van der Waals surface area contributed by atoms with Crippen molar-refractivity contribution in [2.24, 2.45) is 0 Å². The van der Waals surface area contributed by atoms with Crippen molar-refractivity contribution in [3.8, 4) is 11.1 Å². The third kappa shape index (κ3) is 4.58. The molecule has 160 valence electrons. The summed E-state index contributed by atoms with van der Waals surface area (Å²) >= 11 is 8.04. The van der Waals surface area contributed by atoms with Crippen LogP contribution in [0.3, 0.4) is 0 Å². The SMILES string of the molecule is CCN(CCc1ccncc1)c1nc(Cl)nc2sc(C)c(-c3ccc(C(C)C)cc3)c12. The minimum atomic E-state index is 0.299. The molecule has 6 heteroatoms. The second-order valence-corrected chi connectivity index (χ2v) is 9.53. The maximum absolute atomic E-state index is 6.35. The predicted molar refractivity (Wildman–Crippen MR) is 133 cm³/mol. The number of aromatic nitrogens is 3. The highest BCUT2D eigenvalue weighted by molar-refractivity contribution is 7.19. The Morgan fingerprint density at radius 2 is 1.74 bits per heavy atom. The average molecular weight is 451 g/mol. The first kappa shape index (κ1) is 21.7. The molecule has 0 unspecified atom stereocenters. The molecule has 0 radical (unpaired) electrons. The van der Waals surface area contributed by atoms with Gasteiger partial charge in [0.1, 0.15) is 10.6 Å². The Balaban J connectivity index is 1.79. The van der Waals surface area contributed by atoms with Crippen LogP contribution in [-0.2, 0) is 6.42 Å². The molecule has 4 nitrogen and oxygen atoms in total. The zero-order chi connectivity index (χ0) is 22.0. The molecule has 1 aromatic carbocycles. The lowest BCUT2D eigenvalue weighted by Crippen LogP contribution is -2.26. The zero-order valence-corrected chi connectivity index (χ0v) is 20.0. The number of anilines is 1. The second-order valence-electron chi connectivity index (χ2n) is 7.99. The van der Waals surface area contributed by atoms with Crippen LogP contribution in [0.2, 0.25) is 5.28 Å². The Labute approximate surface area is 193 Å². The van der Waals surface area contributed by atoms with Gasteiger partial charge in [-0.15, -0.1) is 11.3 Å². The molecule has 0 aliphatic heterocycles. The molecule has 0 atom stereocenters. The lowest BCUT2D eigenvalue weighted by atomic mass is 9.97. The smallest absolute Gasteiger partial charge is 0.225 e. The number of aryl methyl sites for hydroxylation is 1. The summed E-state index contributed by atoms with van der Waals surface area (Å²) in [6.07, 6.45) is 4.60. The Kier molecular flexibility index (Phi) is 6.54. The van der Waals surface area contributed by atoms with E-state index in [-0.39, 0.29) is 0 Å². The topological polar surface area (TPSA) is 41.9 Å². The van der Waals surface area contributed by atoms with Gasteiger partial charge in [-0.3, -0.25) is 4.98 Å². The molecule has 0 aliphatic carbocycles. The summed E-state index contributed by atoms with van der Waals surface area (Å²) < 4.78 is 0. The van der Waals surface area contributed by atoms with Crippen LogP contribution in [0.1, 0.15) is 42.7 Å². The van der Waals surface area contributed by atoms with Crippen LogP contribution in [0.15, 0.2) is 48.8 Å². The van der Waals surface area contributed by atoms with Crippen molar-refractivity contribution in [3.05, 3.63) is 70.1 Å². The minimum Gasteiger partial charge on any atom is -0.356 e. The van der Waals surface area contributed by atoms with Crippen molar-refractivity contribution in [1.82, 2.24) is 15.0 Å². The van der Waals surface area contributed by atoms with Crippen LogP contribution in [0.25, 0.3) is 21.3 Å². The van der Waals surface area contributed by atoms with Crippen molar-refractivity contribution in [3.63, 3.8) is 0 Å². The molecular weight excluding hydrogens is 424 g/mol. The molecule has 4 rings (SSSR count). The fraction of sp³-hybridized carbons (Fsp3) is 0.320. The van der Waals surface area contributed by atoms with Gasteiger partial charge in [0.25, 0.3) is 0 Å². The van der Waals surface area contributed by atoms with Crippen molar-refractivity contribution >= 4 is 39.0 Å². The van der Waals surface area contributed by atoms with Crippen LogP contribution >= 0.6 is 22.9 Å². The maximum Gasteiger partial charge on any atom is 0.225 e. The lowest BCUT2D eigenvalue weighted by Gasteiger charge is -2.23. The predicted octanol–water partition coefficient (Wildman–Crippen LogP) is 6.91. The van der Waals surface area contributed by atoms with Gasteiger partial charge in [-0.2, -0.15) is 4.98 Å². The van der Waals surface area contributed by atoms with E-state index in [1.165, 1.54) is 27.1 Å². The first-order chi connectivity index (χ1) is 15.0. The van der Waals surface area contributed by atoms with Gasteiger partial charge in [0, 0.05) is 35.9 Å². The molecular formula is C25H27ClN4S. The Hall–Kier alpha value is -2.50. The van der Waals surface area contributed by atoms with Crippen molar-refractivity contribution in [1.29, 1.82) is 0 Å². The number of likely N-dealkylation sites (N-methyl/N-ethyl adjacent to an activating group) is 1. The van der Waals surface area contributed by atoms with E-state index < -0.39 is 0 Å². The highest BCUT2D eigenvalue weighted by Gasteiger charge is 2.21. The third-order valence-electron chi connectivity index (χ3n) is 5.65. The van der Waals surface area contributed by atoms with E-state index >= 15 is 0 Å². The van der Waals surface area contributed by atoms with E-state index in [4.69, 9.17) is 16.6 Å². The molecule has 31 heavy (non-hydrogen) atoms. The number of rotatable bonds is 7. The summed E-state index contributed by atoms with van der Waals surface area (Å²) in [5, 5.41) is 1.40. The average Bonchev–Trinajstić information content (AvgIpc) is 3.10. The number of nitrogens with zero attached hydrogens (tertiary/aromatic N) is 4. The number of hydrogen-bond acceptors (Lipinski definition) is 5. The first-order valence-corrected chi connectivity index (χ1v) is 11.9. The minimum absolute atomic E-state index is 0.299. The van der Waals surface area contributed by atoms with Gasteiger partial charge in [-0.05, 0) is 66.6 Å². The van der Waals surface area contributed by atoms with E-state index in [0.29, 0.717) is 11.2 Å². The van der Waals surface area contributed by atoms with E-state index in [0.717, 1.165) is 35.5 Å². The number of pyridine rings is 1. The quantitative estimate of drug-likeness (QED) is 0.287. The normalized spacial score (nSPS) is 11.4. The second kappa shape index (κ2) is 9.33. The lowest BCUT2D eigenvalue weighted by molar-refractivity contribution is 0.796. The molecule has 0 amide bonds. The van der Waals surface area contributed by atoms with Gasteiger partial charge < -0.3 is 4.90 Å². The van der Waals surface area contributed by atoms with Crippen molar-refractivity contribution in [2.45, 2.75) is 40.0 Å². The fourth-order valence-electron chi connectivity index (χ4n) is 3.91. The van der Waals surface area contributed by atoms with Gasteiger partial charge in [0.2, 0.25) is 5.28 Å². The fourth-order valence-corrected chi connectivity index (χ4v) is 5.16. The van der Waals surface area contributed by atoms with E-state index in [2.05, 4.69) is 79.0 Å². The summed E-state index contributed by atoms with van der Waals surface area (Å²) in [5.74, 6) is 1.43. The van der Waals surface area contributed by atoms with E-state index in [9.17, 15) is 0 Å². The summed E-state index contributed by atoms with van der Waals surface area (Å²) in [6.45, 7) is 10.4. The van der Waals surface area contributed by atoms with Gasteiger partial charge in [0.15, 0.2) is 0 Å². The number of thiophene rings is 1. The van der Waals surface area contributed by atoms with Gasteiger partial charge in [0.05, 0.1) is 5.39 Å². The van der Waals surface area contributed by atoms with Gasteiger partial charge >= 0.3 is 0 Å². The monoisotopic (exact) mass is 450 g/mol. The molecule has 0 fully saturated rings. The third-order valence-corrected chi connectivity index (χ3v) is 6.82. The van der Waals surface area contributed by atoms with Crippen LogP contribution in [0.4, 0.5) is 5.82 Å². The van der Waals surface area contributed by atoms with Crippen LogP contribution < -0.4 is 4.90 Å². The molecule has 4 aromatic rings. The molecule has 0 N–H and O–H groups in total. The number of benzene rings is 1. The number of halogens is 1. The van der Waals surface area contributed by atoms with Crippen molar-refractivity contribution in [2.75, 3.05) is 18.0 Å². The first-order valence-electron chi connectivity index (χ1n) is 10.7. The molecule has 0 spiro atoms.